The van der Waals surface area contributed by atoms with Crippen molar-refractivity contribution in [2.45, 2.75) is 12.5 Å². The first-order valence-corrected chi connectivity index (χ1v) is 13.5. The van der Waals surface area contributed by atoms with Gasteiger partial charge in [-0.05, 0) is 47.3 Å². The molecular formula is C33H25N7O2. The van der Waals surface area contributed by atoms with Crippen molar-refractivity contribution in [2.75, 3.05) is 5.32 Å². The van der Waals surface area contributed by atoms with E-state index >= 15 is 0 Å². The topological polar surface area (TPSA) is 128 Å². The third kappa shape index (κ3) is 5.06. The molecule has 0 spiro atoms. The van der Waals surface area contributed by atoms with Gasteiger partial charge in [0.15, 0.2) is 5.82 Å². The Morgan fingerprint density at radius 1 is 0.738 bits per heavy atom. The fourth-order valence-electron chi connectivity index (χ4n) is 5.00. The largest absolute Gasteiger partial charge is 0.340 e. The third-order valence-electron chi connectivity index (χ3n) is 7.15. The molecule has 42 heavy (non-hydrogen) atoms. The maximum atomic E-state index is 13.4. The molecular weight excluding hydrogens is 526 g/mol. The number of nitrogens with one attached hydrogen (secondary N) is 4. The normalized spacial score (nSPS) is 12.0. The lowest BCUT2D eigenvalue weighted by molar-refractivity contribution is -0.118. The summed E-state index contributed by atoms with van der Waals surface area (Å²) in [5, 5.41) is 7.86. The van der Waals surface area contributed by atoms with Gasteiger partial charge < -0.3 is 15.3 Å². The maximum absolute atomic E-state index is 13.4. The van der Waals surface area contributed by atoms with Gasteiger partial charge in [-0.15, -0.1) is 0 Å². The minimum atomic E-state index is -0.845. The molecule has 9 nitrogen and oxygen atoms in total. The van der Waals surface area contributed by atoms with Crippen LogP contribution >= 0.6 is 0 Å². The summed E-state index contributed by atoms with van der Waals surface area (Å²) in [4.78, 5) is 46.9. The molecule has 0 bridgehead atoms. The number of H-pyrrole nitrogens is 2. The lowest BCUT2D eigenvalue weighted by atomic mass is 10.0. The van der Waals surface area contributed by atoms with Crippen LogP contribution in [-0.4, -0.2) is 42.8 Å². The number of rotatable bonds is 7. The van der Waals surface area contributed by atoms with Crippen molar-refractivity contribution in [3.8, 4) is 11.5 Å². The van der Waals surface area contributed by atoms with Crippen molar-refractivity contribution < 1.29 is 9.59 Å². The molecule has 204 valence electrons. The second kappa shape index (κ2) is 10.6. The van der Waals surface area contributed by atoms with E-state index in [4.69, 9.17) is 0 Å². The fourth-order valence-corrected chi connectivity index (χ4v) is 5.00. The summed E-state index contributed by atoms with van der Waals surface area (Å²) >= 11 is 0. The van der Waals surface area contributed by atoms with E-state index in [0.29, 0.717) is 40.5 Å². The number of carbonyl (C=O) groups is 2. The summed E-state index contributed by atoms with van der Waals surface area (Å²) in [5.41, 5.74) is 4.98. The molecule has 0 aliphatic heterocycles. The summed E-state index contributed by atoms with van der Waals surface area (Å²) in [7, 11) is 0. The van der Waals surface area contributed by atoms with Gasteiger partial charge >= 0.3 is 0 Å². The summed E-state index contributed by atoms with van der Waals surface area (Å²) in [6.45, 7) is 0. The molecule has 1 atom stereocenters. The van der Waals surface area contributed by atoms with Gasteiger partial charge in [-0.3, -0.25) is 19.9 Å². The molecule has 0 saturated heterocycles. The van der Waals surface area contributed by atoms with Crippen LogP contribution in [0.5, 0.6) is 0 Å². The summed E-state index contributed by atoms with van der Waals surface area (Å²) < 4.78 is 0. The Kier molecular flexibility index (Phi) is 6.36. The van der Waals surface area contributed by atoms with Gasteiger partial charge in [-0.1, -0.05) is 66.7 Å². The van der Waals surface area contributed by atoms with E-state index in [1.54, 1.807) is 18.2 Å². The number of pyridine rings is 1. The molecule has 0 aliphatic rings. The van der Waals surface area contributed by atoms with E-state index in [1.807, 2.05) is 91.1 Å². The van der Waals surface area contributed by atoms with Gasteiger partial charge in [0.2, 0.25) is 11.9 Å². The van der Waals surface area contributed by atoms with Gasteiger partial charge in [-0.25, -0.2) is 9.97 Å². The highest BCUT2D eigenvalue weighted by atomic mass is 16.2. The van der Waals surface area contributed by atoms with E-state index in [0.717, 1.165) is 27.4 Å². The number of benzene rings is 4. The third-order valence-corrected chi connectivity index (χ3v) is 7.15. The summed E-state index contributed by atoms with van der Waals surface area (Å²) in [6.07, 6.45) is 2.13. The summed E-state index contributed by atoms with van der Waals surface area (Å²) in [5.74, 6) is 0.179. The number of nitrogens with zero attached hydrogens (tertiary/aromatic N) is 3. The lowest BCUT2D eigenvalue weighted by Crippen LogP contribution is -2.45. The number of aromatic amines is 2. The monoisotopic (exact) mass is 551 g/mol. The number of fused-ring (bicyclic) bond motifs is 3. The molecule has 3 aromatic heterocycles. The molecule has 0 aliphatic carbocycles. The van der Waals surface area contributed by atoms with Crippen molar-refractivity contribution in [1.29, 1.82) is 0 Å². The zero-order valence-corrected chi connectivity index (χ0v) is 22.3. The van der Waals surface area contributed by atoms with Gasteiger partial charge in [0.1, 0.15) is 11.7 Å². The first-order chi connectivity index (χ1) is 20.6. The highest BCUT2D eigenvalue weighted by Gasteiger charge is 2.23. The van der Waals surface area contributed by atoms with Crippen molar-refractivity contribution in [3.05, 3.63) is 120 Å². The Bertz CT molecular complexity index is 2050. The number of hydrogen-bond acceptors (Lipinski definition) is 5. The van der Waals surface area contributed by atoms with Gasteiger partial charge in [0, 0.05) is 23.6 Å². The molecule has 4 aromatic carbocycles. The first kappa shape index (κ1) is 25.2. The number of hydrogen-bond donors (Lipinski definition) is 4. The van der Waals surface area contributed by atoms with Gasteiger partial charge in [0.25, 0.3) is 5.91 Å². The van der Waals surface area contributed by atoms with Crippen LogP contribution < -0.4 is 10.6 Å². The lowest BCUT2D eigenvalue weighted by Gasteiger charge is -2.18. The molecule has 7 rings (SSSR count). The smallest absolute Gasteiger partial charge is 0.252 e. The van der Waals surface area contributed by atoms with Crippen LogP contribution in [0.1, 0.15) is 15.9 Å². The highest BCUT2D eigenvalue weighted by Crippen LogP contribution is 2.23. The molecule has 7 aromatic rings. The van der Waals surface area contributed by atoms with E-state index in [9.17, 15) is 9.59 Å². The molecule has 0 radical (unpaired) electrons. The maximum Gasteiger partial charge on any atom is 0.252 e. The van der Waals surface area contributed by atoms with E-state index < -0.39 is 6.04 Å². The molecule has 9 heteroatoms. The minimum Gasteiger partial charge on any atom is -0.340 e. The molecule has 0 saturated carbocycles. The standard InChI is InChI=1S/C33H25N7O2/c41-31(22-14-15-26-27(18-22)36-30(35-26)28-17-21-10-4-5-11-23(21)19-34-28)37-29(16-20-8-2-1-3-9-20)32(42)40-33-38-24-12-6-7-13-25(24)39-33/h1-15,17-19,29H,16H2,(H,35,36)(H,37,41)(H2,38,39,40,42)/t29-/m0/s1. The first-order valence-electron chi connectivity index (χ1n) is 13.5. The minimum absolute atomic E-state index is 0.308. The Hall–Kier alpha value is -5.83. The zero-order chi connectivity index (χ0) is 28.5. The predicted octanol–water partition coefficient (Wildman–Crippen LogP) is 5.63. The molecule has 4 N–H and O–H groups in total. The highest BCUT2D eigenvalue weighted by molar-refractivity contribution is 6.02. The van der Waals surface area contributed by atoms with Crippen LogP contribution in [0.3, 0.4) is 0 Å². The van der Waals surface area contributed by atoms with Crippen LogP contribution in [0.15, 0.2) is 109 Å². The molecule has 0 unspecified atom stereocenters. The number of aromatic nitrogens is 5. The van der Waals surface area contributed by atoms with Crippen molar-refractivity contribution in [1.82, 2.24) is 30.2 Å². The SMILES string of the molecule is O=C(N[C@@H](Cc1ccccc1)C(=O)Nc1nc2ccccc2[nH]1)c1ccc2nc(-c3cc4ccccc4cn3)[nH]c2c1. The second-order valence-corrected chi connectivity index (χ2v) is 10.0. The van der Waals surface area contributed by atoms with Gasteiger partial charge in [-0.2, -0.15) is 0 Å². The van der Waals surface area contributed by atoms with E-state index in [2.05, 4.69) is 35.6 Å². The molecule has 3 heterocycles. The molecule has 2 amide bonds. The van der Waals surface area contributed by atoms with Gasteiger partial charge in [0.05, 0.1) is 22.1 Å². The van der Waals surface area contributed by atoms with Crippen LogP contribution in [0.25, 0.3) is 44.4 Å². The Labute approximate surface area is 240 Å². The Balaban J connectivity index is 1.14. The van der Waals surface area contributed by atoms with Crippen molar-refractivity contribution in [2.24, 2.45) is 0 Å². The Morgan fingerprint density at radius 3 is 2.36 bits per heavy atom. The number of amides is 2. The average Bonchev–Trinajstić information content (AvgIpc) is 3.64. The van der Waals surface area contributed by atoms with Crippen molar-refractivity contribution >= 4 is 50.6 Å². The van der Waals surface area contributed by atoms with Crippen LogP contribution in [0, 0.1) is 0 Å². The molecule has 0 fully saturated rings. The van der Waals surface area contributed by atoms with E-state index in [-0.39, 0.29) is 11.8 Å². The second-order valence-electron chi connectivity index (χ2n) is 10.0. The Morgan fingerprint density at radius 2 is 1.50 bits per heavy atom. The van der Waals surface area contributed by atoms with Crippen LogP contribution in [0.4, 0.5) is 5.95 Å². The number of carbonyl (C=O) groups excluding carboxylic acids is 2. The van der Waals surface area contributed by atoms with Crippen molar-refractivity contribution in [3.63, 3.8) is 0 Å². The average molecular weight is 552 g/mol. The zero-order valence-electron chi connectivity index (χ0n) is 22.3. The number of anilines is 1. The summed E-state index contributed by atoms with van der Waals surface area (Å²) in [6, 6.07) is 31.4. The quantitative estimate of drug-likeness (QED) is 0.204. The fraction of sp³-hybridized carbons (Fsp3) is 0.0606. The predicted molar refractivity (Wildman–Crippen MR) is 163 cm³/mol. The van der Waals surface area contributed by atoms with Crippen LogP contribution in [0.2, 0.25) is 0 Å². The number of imidazole rings is 2. The van der Waals surface area contributed by atoms with Crippen LogP contribution in [-0.2, 0) is 11.2 Å². The van der Waals surface area contributed by atoms with E-state index in [1.165, 1.54) is 0 Å². The number of para-hydroxylation sites is 2.